The maximum absolute atomic E-state index is 11.9. The van der Waals surface area contributed by atoms with Crippen molar-refractivity contribution in [1.29, 1.82) is 0 Å². The van der Waals surface area contributed by atoms with Gasteiger partial charge in [0.05, 0.1) is 11.0 Å². The smallest absolute Gasteiger partial charge is 0.405 e. The molecule has 1 atom stereocenters. The molecule has 2 aromatic rings. The summed E-state index contributed by atoms with van der Waals surface area (Å²) in [5.74, 6) is -0.441. The number of carboxylic acid groups (broad SMARTS) is 1. The fourth-order valence-electron chi connectivity index (χ4n) is 2.09. The van der Waals surface area contributed by atoms with Crippen molar-refractivity contribution in [2.45, 2.75) is 19.6 Å². The Balaban J connectivity index is 2.11. The number of hydrogen-bond donors (Lipinski definition) is 3. The molecule has 2 rings (SSSR count). The average Bonchev–Trinajstić information content (AvgIpc) is 2.60. The van der Waals surface area contributed by atoms with Crippen LogP contribution in [0.1, 0.15) is 12.5 Å². The van der Waals surface area contributed by atoms with Gasteiger partial charge in [0.2, 0.25) is 5.91 Å². The molecule has 0 heterocycles. The highest BCUT2D eigenvalue weighted by molar-refractivity contribution is 5.97. The van der Waals surface area contributed by atoms with E-state index in [1.54, 1.807) is 0 Å². The van der Waals surface area contributed by atoms with Gasteiger partial charge in [-0.3, -0.25) is 14.9 Å². The molecule has 3 N–H and O–H groups in total. The maximum atomic E-state index is 11.9. The number of nitro benzene ring substituents is 1. The highest BCUT2D eigenvalue weighted by Crippen LogP contribution is 2.29. The van der Waals surface area contributed by atoms with Crippen molar-refractivity contribution >= 4 is 23.4 Å². The van der Waals surface area contributed by atoms with Crippen LogP contribution >= 0.6 is 0 Å². The first-order chi connectivity index (χ1) is 12.4. The molecule has 0 saturated heterocycles. The number of benzene rings is 2. The molecule has 0 spiro atoms. The van der Waals surface area contributed by atoms with Gasteiger partial charge in [0.25, 0.3) is 5.69 Å². The monoisotopic (exact) mass is 359 g/mol. The van der Waals surface area contributed by atoms with E-state index in [1.165, 1.54) is 25.1 Å². The molecule has 0 aliphatic heterocycles. The van der Waals surface area contributed by atoms with Crippen LogP contribution < -0.4 is 15.4 Å². The average molecular weight is 359 g/mol. The minimum absolute atomic E-state index is 0.0499. The molecule has 0 aliphatic rings. The van der Waals surface area contributed by atoms with Crippen LogP contribution in [0, 0.1) is 10.1 Å². The van der Waals surface area contributed by atoms with Gasteiger partial charge in [-0.25, -0.2) is 4.79 Å². The molecule has 0 saturated carbocycles. The number of hydrogen-bond acceptors (Lipinski definition) is 5. The summed E-state index contributed by atoms with van der Waals surface area (Å²) in [5, 5.41) is 24.2. The molecule has 0 radical (unpaired) electrons. The molecule has 0 fully saturated rings. The van der Waals surface area contributed by atoms with Crippen molar-refractivity contribution in [2.75, 3.05) is 5.32 Å². The van der Waals surface area contributed by atoms with E-state index < -0.39 is 23.0 Å². The fourth-order valence-corrected chi connectivity index (χ4v) is 2.09. The van der Waals surface area contributed by atoms with Crippen LogP contribution in [0.15, 0.2) is 48.5 Å². The van der Waals surface area contributed by atoms with Crippen molar-refractivity contribution in [3.05, 3.63) is 64.2 Å². The Labute approximate surface area is 148 Å². The summed E-state index contributed by atoms with van der Waals surface area (Å²) in [6.07, 6.45) is -1.37. The number of carbonyl (C=O) groups excluding carboxylic acids is 1. The Hall–Kier alpha value is -3.62. The van der Waals surface area contributed by atoms with Gasteiger partial charge in [0.15, 0.2) is 0 Å². The van der Waals surface area contributed by atoms with Crippen LogP contribution in [-0.2, 0) is 11.4 Å². The molecule has 9 heteroatoms. The minimum atomic E-state index is -1.37. The summed E-state index contributed by atoms with van der Waals surface area (Å²) in [6, 6.07) is 12.3. The number of nitrogens with one attached hydrogen (secondary N) is 2. The topological polar surface area (TPSA) is 131 Å². The first-order valence-electron chi connectivity index (χ1n) is 7.62. The number of amides is 2. The van der Waals surface area contributed by atoms with E-state index in [2.05, 4.69) is 5.32 Å². The lowest BCUT2D eigenvalue weighted by molar-refractivity contribution is -0.384. The van der Waals surface area contributed by atoms with Gasteiger partial charge in [0, 0.05) is 0 Å². The van der Waals surface area contributed by atoms with E-state index in [4.69, 9.17) is 9.84 Å². The van der Waals surface area contributed by atoms with Gasteiger partial charge in [-0.2, -0.15) is 0 Å². The summed E-state index contributed by atoms with van der Waals surface area (Å²) >= 11 is 0. The Bertz CT molecular complexity index is 809. The van der Waals surface area contributed by atoms with Gasteiger partial charge in [-0.1, -0.05) is 30.3 Å². The van der Waals surface area contributed by atoms with Crippen LogP contribution in [-0.4, -0.2) is 28.1 Å². The summed E-state index contributed by atoms with van der Waals surface area (Å²) in [6.45, 7) is 1.57. The molecule has 0 aliphatic carbocycles. The lowest BCUT2D eigenvalue weighted by Crippen LogP contribution is -2.40. The van der Waals surface area contributed by atoms with Crippen LogP contribution in [0.3, 0.4) is 0 Å². The van der Waals surface area contributed by atoms with Crippen molar-refractivity contribution in [3.63, 3.8) is 0 Å². The second-order valence-electron chi connectivity index (χ2n) is 5.37. The molecule has 26 heavy (non-hydrogen) atoms. The predicted molar refractivity (Wildman–Crippen MR) is 93.1 cm³/mol. The van der Waals surface area contributed by atoms with Gasteiger partial charge < -0.3 is 20.5 Å². The zero-order valence-electron chi connectivity index (χ0n) is 13.8. The molecule has 9 nitrogen and oxygen atoms in total. The lowest BCUT2D eigenvalue weighted by Gasteiger charge is -2.13. The van der Waals surface area contributed by atoms with E-state index in [1.807, 2.05) is 35.6 Å². The van der Waals surface area contributed by atoms with Crippen LogP contribution in [0.5, 0.6) is 5.75 Å². The van der Waals surface area contributed by atoms with Crippen LogP contribution in [0.2, 0.25) is 0 Å². The summed E-state index contributed by atoms with van der Waals surface area (Å²) in [4.78, 5) is 33.1. The van der Waals surface area contributed by atoms with E-state index in [9.17, 15) is 19.7 Å². The predicted octanol–water partition coefficient (Wildman–Crippen LogP) is 2.77. The third-order valence-electron chi connectivity index (χ3n) is 3.41. The number of ether oxygens (including phenoxy) is 1. The van der Waals surface area contributed by atoms with Gasteiger partial charge >= 0.3 is 6.09 Å². The zero-order chi connectivity index (χ0) is 19.1. The molecule has 0 bridgehead atoms. The van der Waals surface area contributed by atoms with Crippen molar-refractivity contribution < 1.29 is 24.4 Å². The fraction of sp³-hybridized carbons (Fsp3) is 0.176. The molecule has 2 amide bonds. The quantitative estimate of drug-likeness (QED) is 0.514. The number of nitro groups is 1. The van der Waals surface area contributed by atoms with Gasteiger partial charge in [0.1, 0.15) is 24.1 Å². The molecular weight excluding hydrogens is 342 g/mol. The van der Waals surface area contributed by atoms with E-state index >= 15 is 0 Å². The maximum Gasteiger partial charge on any atom is 0.405 e. The summed E-state index contributed by atoms with van der Waals surface area (Å²) < 4.78 is 5.54. The molecule has 136 valence electrons. The molecular formula is C17H17N3O6. The first-order valence-corrected chi connectivity index (χ1v) is 7.62. The van der Waals surface area contributed by atoms with E-state index in [0.717, 1.165) is 5.56 Å². The van der Waals surface area contributed by atoms with Crippen LogP contribution in [0.25, 0.3) is 0 Å². The highest BCUT2D eigenvalue weighted by Gasteiger charge is 2.21. The normalized spacial score (nSPS) is 11.3. The molecule has 1 unspecified atom stereocenters. The SMILES string of the molecule is CC(NC(=O)O)C(=O)Nc1ccc(OCc2ccccc2)cc1[N+](=O)[O-]. The Morgan fingerprint density at radius 2 is 1.92 bits per heavy atom. The number of nitrogens with zero attached hydrogens (tertiary/aromatic N) is 1. The second-order valence-corrected chi connectivity index (χ2v) is 5.37. The Morgan fingerprint density at radius 3 is 2.54 bits per heavy atom. The number of anilines is 1. The molecule has 2 aromatic carbocycles. The zero-order valence-corrected chi connectivity index (χ0v) is 13.8. The minimum Gasteiger partial charge on any atom is -0.489 e. The second kappa shape index (κ2) is 8.47. The lowest BCUT2D eigenvalue weighted by atomic mass is 10.2. The number of carbonyl (C=O) groups is 2. The summed E-state index contributed by atoms with van der Waals surface area (Å²) in [5.41, 5.74) is 0.499. The molecule has 0 aromatic heterocycles. The van der Waals surface area contributed by atoms with Crippen LogP contribution in [0.4, 0.5) is 16.2 Å². The largest absolute Gasteiger partial charge is 0.489 e. The van der Waals surface area contributed by atoms with Crippen molar-refractivity contribution in [3.8, 4) is 5.75 Å². The highest BCUT2D eigenvalue weighted by atomic mass is 16.6. The third-order valence-corrected chi connectivity index (χ3v) is 3.41. The third kappa shape index (κ3) is 5.20. The van der Waals surface area contributed by atoms with E-state index in [-0.39, 0.29) is 23.7 Å². The van der Waals surface area contributed by atoms with Crippen molar-refractivity contribution in [2.24, 2.45) is 0 Å². The Morgan fingerprint density at radius 1 is 1.23 bits per heavy atom. The van der Waals surface area contributed by atoms with Gasteiger partial charge in [-0.05, 0) is 24.6 Å². The standard InChI is InChI=1S/C17H17N3O6/c1-11(18-17(22)23)16(21)19-14-8-7-13(9-15(14)20(24)25)26-10-12-5-3-2-4-6-12/h2-9,11,18H,10H2,1H3,(H,19,21)(H,22,23). The van der Waals surface area contributed by atoms with E-state index in [0.29, 0.717) is 0 Å². The first kappa shape index (κ1) is 18.7. The Kier molecular flexibility index (Phi) is 6.10. The summed E-state index contributed by atoms with van der Waals surface area (Å²) in [7, 11) is 0. The van der Waals surface area contributed by atoms with Crippen molar-refractivity contribution in [1.82, 2.24) is 5.32 Å². The number of rotatable bonds is 7. The van der Waals surface area contributed by atoms with Gasteiger partial charge in [-0.15, -0.1) is 0 Å².